The zero-order valence-corrected chi connectivity index (χ0v) is 16.7. The first-order valence-electron chi connectivity index (χ1n) is 9.04. The third kappa shape index (κ3) is 5.49. The summed E-state index contributed by atoms with van der Waals surface area (Å²) < 4.78 is 73.7. The second kappa shape index (κ2) is 8.43. The highest BCUT2D eigenvalue weighted by atomic mass is 19.4. The molecule has 1 aromatic carbocycles. The van der Waals surface area contributed by atoms with Crippen LogP contribution in [0.15, 0.2) is 30.0 Å². The van der Waals surface area contributed by atoms with Crippen LogP contribution in [0.1, 0.15) is 46.6 Å². The molecule has 4 nitrogen and oxygen atoms in total. The Kier molecular flexibility index (Phi) is 6.84. The van der Waals surface area contributed by atoms with Crippen LogP contribution in [0, 0.1) is 0 Å². The molecule has 0 N–H and O–H groups in total. The summed E-state index contributed by atoms with van der Waals surface area (Å²) in [6.45, 7) is 9.59. The molecule has 0 aromatic heterocycles. The van der Waals surface area contributed by atoms with Crippen molar-refractivity contribution < 1.29 is 36.3 Å². The summed E-state index contributed by atoms with van der Waals surface area (Å²) in [4.78, 5) is 0. The summed E-state index contributed by atoms with van der Waals surface area (Å²) in [7, 11) is -1.26. The van der Waals surface area contributed by atoms with Gasteiger partial charge in [-0.05, 0) is 64.3 Å². The zero-order chi connectivity index (χ0) is 21.2. The van der Waals surface area contributed by atoms with Crippen molar-refractivity contribution in [2.24, 2.45) is 0 Å². The van der Waals surface area contributed by atoms with E-state index in [1.807, 2.05) is 0 Å². The predicted molar refractivity (Wildman–Crippen MR) is 98.3 cm³/mol. The van der Waals surface area contributed by atoms with Crippen molar-refractivity contribution in [1.82, 2.24) is 0 Å². The maximum atomic E-state index is 15.4. The molecule has 1 aliphatic rings. The van der Waals surface area contributed by atoms with Gasteiger partial charge >= 0.3 is 13.5 Å². The fourth-order valence-corrected chi connectivity index (χ4v) is 2.69. The van der Waals surface area contributed by atoms with Crippen molar-refractivity contribution in [2.45, 2.75) is 58.6 Å². The highest BCUT2D eigenvalue weighted by Crippen LogP contribution is 2.41. The summed E-state index contributed by atoms with van der Waals surface area (Å²) in [6.07, 6.45) is -4.70. The Morgan fingerprint density at radius 2 is 1.71 bits per heavy atom. The van der Waals surface area contributed by atoms with Gasteiger partial charge in [0, 0.05) is 6.61 Å². The van der Waals surface area contributed by atoms with Gasteiger partial charge in [0.05, 0.1) is 17.8 Å². The Morgan fingerprint density at radius 3 is 2.25 bits per heavy atom. The van der Waals surface area contributed by atoms with Gasteiger partial charge in [-0.25, -0.2) is 4.39 Å². The van der Waals surface area contributed by atoms with Gasteiger partial charge in [-0.3, -0.25) is 0 Å². The smallest absolute Gasteiger partial charge is 0.406 e. The molecule has 1 aromatic rings. The van der Waals surface area contributed by atoms with Crippen LogP contribution < -0.4 is 4.74 Å². The number of alkyl halides is 3. The summed E-state index contributed by atoms with van der Waals surface area (Å²) >= 11 is 0. The van der Waals surface area contributed by atoms with Crippen LogP contribution in [0.25, 0.3) is 5.57 Å². The molecule has 9 heteroatoms. The Hall–Kier alpha value is -1.58. The van der Waals surface area contributed by atoms with Crippen LogP contribution in [0.5, 0.6) is 5.75 Å². The van der Waals surface area contributed by atoms with Gasteiger partial charge in [-0.1, -0.05) is 12.1 Å². The van der Waals surface area contributed by atoms with E-state index in [4.69, 9.17) is 14.0 Å². The van der Waals surface area contributed by atoms with E-state index in [0.717, 1.165) is 12.1 Å². The molecule has 0 bridgehead atoms. The fraction of sp³-hybridized carbons (Fsp3) is 0.579. The minimum Gasteiger partial charge on any atom is -0.406 e. The van der Waals surface area contributed by atoms with E-state index in [1.165, 1.54) is 12.1 Å². The van der Waals surface area contributed by atoms with Crippen LogP contribution in [-0.2, 0) is 14.0 Å². The molecule has 0 saturated carbocycles. The Labute approximate surface area is 162 Å². The molecule has 0 amide bonds. The summed E-state index contributed by atoms with van der Waals surface area (Å²) in [6, 6.07) is 5.17. The number of halogens is 4. The lowest BCUT2D eigenvalue weighted by Crippen LogP contribution is -2.41. The number of hydrogen-bond acceptors (Lipinski definition) is 4. The largest absolute Gasteiger partial charge is 0.573 e. The standard InChI is InChI=1S/C19H25BF4O4/c1-6-25-11-10-15(13-8-7-9-14(12-13)26-19(22,23)24)16(21)20-27-17(2,3)18(4,5)28-20/h7-9,12H,6,10-11H2,1-5H3. The Morgan fingerprint density at radius 1 is 1.11 bits per heavy atom. The molecule has 0 atom stereocenters. The molecule has 1 fully saturated rings. The molecule has 2 rings (SSSR count). The second-order valence-electron chi connectivity index (χ2n) is 7.44. The zero-order valence-electron chi connectivity index (χ0n) is 16.7. The average molecular weight is 404 g/mol. The quantitative estimate of drug-likeness (QED) is 0.350. The first-order chi connectivity index (χ1) is 12.9. The maximum absolute atomic E-state index is 15.4. The van der Waals surface area contributed by atoms with E-state index in [1.54, 1.807) is 34.6 Å². The number of benzene rings is 1. The number of ether oxygens (including phenoxy) is 2. The van der Waals surface area contributed by atoms with Gasteiger partial charge in [0.2, 0.25) is 0 Å². The van der Waals surface area contributed by atoms with Crippen molar-refractivity contribution in [1.29, 1.82) is 0 Å². The monoisotopic (exact) mass is 404 g/mol. The molecule has 1 heterocycles. The van der Waals surface area contributed by atoms with Crippen molar-refractivity contribution in [2.75, 3.05) is 13.2 Å². The fourth-order valence-electron chi connectivity index (χ4n) is 2.69. The molecular weight excluding hydrogens is 379 g/mol. The summed E-state index contributed by atoms with van der Waals surface area (Å²) in [5.74, 6) is -0.430. The molecule has 1 saturated heterocycles. The highest BCUT2D eigenvalue weighted by molar-refractivity contribution is 6.55. The van der Waals surface area contributed by atoms with E-state index >= 15 is 4.39 Å². The molecular formula is C19H25BF4O4. The molecule has 156 valence electrons. The highest BCUT2D eigenvalue weighted by Gasteiger charge is 2.53. The van der Waals surface area contributed by atoms with Crippen molar-refractivity contribution in [3.63, 3.8) is 0 Å². The van der Waals surface area contributed by atoms with Crippen molar-refractivity contribution in [3.05, 3.63) is 35.6 Å². The molecule has 1 aliphatic heterocycles. The van der Waals surface area contributed by atoms with Crippen molar-refractivity contribution >= 4 is 12.7 Å². The van der Waals surface area contributed by atoms with E-state index in [0.29, 0.717) is 6.61 Å². The number of hydrogen-bond donors (Lipinski definition) is 0. The van der Waals surface area contributed by atoms with Gasteiger partial charge in [-0.15, -0.1) is 13.2 Å². The third-order valence-electron chi connectivity index (χ3n) is 4.87. The second-order valence-corrected chi connectivity index (χ2v) is 7.44. The minimum atomic E-state index is -4.84. The normalized spacial score (nSPS) is 19.5. The van der Waals surface area contributed by atoms with Gasteiger partial charge in [-0.2, -0.15) is 0 Å². The van der Waals surface area contributed by atoms with Gasteiger partial charge < -0.3 is 18.8 Å². The Bertz CT molecular complexity index is 700. The first kappa shape index (κ1) is 22.7. The lowest BCUT2D eigenvalue weighted by atomic mass is 9.82. The predicted octanol–water partition coefficient (Wildman–Crippen LogP) is 5.32. The van der Waals surface area contributed by atoms with Crippen LogP contribution in [0.3, 0.4) is 0 Å². The van der Waals surface area contributed by atoms with Gasteiger partial charge in [0.25, 0.3) is 0 Å². The molecule has 28 heavy (non-hydrogen) atoms. The lowest BCUT2D eigenvalue weighted by Gasteiger charge is -2.32. The average Bonchev–Trinajstić information content (AvgIpc) is 2.78. The van der Waals surface area contributed by atoms with E-state index in [-0.39, 0.29) is 24.2 Å². The van der Waals surface area contributed by atoms with Crippen molar-refractivity contribution in [3.8, 4) is 5.75 Å². The van der Waals surface area contributed by atoms with E-state index < -0.39 is 36.2 Å². The molecule has 0 radical (unpaired) electrons. The Balaban J connectivity index is 2.39. The molecule has 0 unspecified atom stereocenters. The van der Waals surface area contributed by atoms with Crippen LogP contribution in [-0.4, -0.2) is 37.9 Å². The first-order valence-corrected chi connectivity index (χ1v) is 9.04. The van der Waals surface area contributed by atoms with Crippen LogP contribution >= 0.6 is 0 Å². The van der Waals surface area contributed by atoms with Crippen LogP contribution in [0.2, 0.25) is 0 Å². The van der Waals surface area contributed by atoms with Crippen LogP contribution in [0.4, 0.5) is 17.6 Å². The molecule has 0 spiro atoms. The van der Waals surface area contributed by atoms with E-state index in [9.17, 15) is 13.2 Å². The topological polar surface area (TPSA) is 36.9 Å². The minimum absolute atomic E-state index is 0.138. The van der Waals surface area contributed by atoms with Gasteiger partial charge in [0.15, 0.2) is 0 Å². The SMILES string of the molecule is CCOCCC(=C(F)B1OC(C)(C)C(C)(C)O1)c1cccc(OC(F)(F)F)c1. The number of rotatable bonds is 7. The maximum Gasteiger partial charge on any atom is 0.573 e. The summed E-state index contributed by atoms with van der Waals surface area (Å²) in [5, 5.41) is 0. The van der Waals surface area contributed by atoms with Gasteiger partial charge in [0.1, 0.15) is 11.5 Å². The molecule has 0 aliphatic carbocycles. The summed E-state index contributed by atoms with van der Waals surface area (Å²) in [5.41, 5.74) is -1.79. The lowest BCUT2D eigenvalue weighted by molar-refractivity contribution is -0.274. The third-order valence-corrected chi connectivity index (χ3v) is 4.87. The van der Waals surface area contributed by atoms with E-state index in [2.05, 4.69) is 4.74 Å².